The second kappa shape index (κ2) is 4.30. The molecule has 0 aliphatic carbocycles. The number of hydrogen-bond acceptors (Lipinski definition) is 2. The van der Waals surface area contributed by atoms with Gasteiger partial charge in [-0.2, -0.15) is 0 Å². The first kappa shape index (κ1) is 10.1. The van der Waals surface area contributed by atoms with Gasteiger partial charge in [0.25, 0.3) is 0 Å². The summed E-state index contributed by atoms with van der Waals surface area (Å²) >= 11 is 0. The number of phenolic OH excluding ortho intramolecular Hbond substituents is 1. The number of hydrogen-bond donors (Lipinski definition) is 1. The minimum absolute atomic E-state index is 0. The Kier molecular flexibility index (Phi) is 3.61. The van der Waals surface area contributed by atoms with Crippen molar-refractivity contribution in [3.63, 3.8) is 0 Å². The van der Waals surface area contributed by atoms with Crippen LogP contribution in [-0.2, 0) is 0 Å². The van der Waals surface area contributed by atoms with E-state index < -0.39 is 0 Å². The van der Waals surface area contributed by atoms with Crippen molar-refractivity contribution in [1.82, 2.24) is 4.98 Å². The Balaban J connectivity index is 0.000000720. The molecule has 2 rings (SSSR count). The van der Waals surface area contributed by atoms with Crippen molar-refractivity contribution in [2.24, 2.45) is 0 Å². The maximum absolute atomic E-state index is 9.31. The molecule has 1 aromatic heterocycles. The van der Waals surface area contributed by atoms with Crippen molar-refractivity contribution in [1.29, 1.82) is 0 Å². The molecule has 0 spiro atoms. The first-order chi connectivity index (χ1) is 5.38. The fourth-order valence-electron chi connectivity index (χ4n) is 1.09. The number of aromatic nitrogens is 1. The normalized spacial score (nSPS) is 9.33. The summed E-state index contributed by atoms with van der Waals surface area (Å²) in [6.45, 7) is 0. The second-order valence-corrected chi connectivity index (χ2v) is 2.35. The summed E-state index contributed by atoms with van der Waals surface area (Å²) in [6.07, 6.45) is 1.67. The van der Waals surface area contributed by atoms with Crippen LogP contribution in [0.4, 0.5) is 0 Å². The van der Waals surface area contributed by atoms with Crippen LogP contribution in [0, 0.1) is 0 Å². The van der Waals surface area contributed by atoms with Crippen molar-refractivity contribution in [3.8, 4) is 5.75 Å². The molecule has 0 amide bonds. The quantitative estimate of drug-likeness (QED) is 0.744. The molecular weight excluding hydrogens is 275 g/mol. The molecule has 56 valence electrons. The molecule has 3 heteroatoms. The van der Waals surface area contributed by atoms with E-state index in [2.05, 4.69) is 4.98 Å². The number of para-hydroxylation sites is 1. The van der Waals surface area contributed by atoms with E-state index in [0.29, 0.717) is 5.52 Å². The van der Waals surface area contributed by atoms with Gasteiger partial charge in [0.2, 0.25) is 0 Å². The average Bonchev–Trinajstić information content (AvgIpc) is 2.06. The van der Waals surface area contributed by atoms with Crippen LogP contribution < -0.4 is 0 Å². The first-order valence-electron chi connectivity index (χ1n) is 3.40. The van der Waals surface area contributed by atoms with E-state index in [-0.39, 0.29) is 54.6 Å². The van der Waals surface area contributed by atoms with E-state index in [9.17, 15) is 5.11 Å². The van der Waals surface area contributed by atoms with Gasteiger partial charge in [-0.3, -0.25) is 4.98 Å². The summed E-state index contributed by atoms with van der Waals surface area (Å²) in [5.74, 6) is 0.239. The molecule has 0 saturated heterocycles. The number of fused-ring (bicyclic) bond motifs is 1. The fraction of sp³-hybridized carbons (Fsp3) is 0. The summed E-state index contributed by atoms with van der Waals surface area (Å²) in [5, 5.41) is 10.3. The van der Waals surface area contributed by atoms with Gasteiger partial charge in [-0.15, -0.1) is 0 Å². The Bertz CT molecular complexity index is 384. The van der Waals surface area contributed by atoms with Gasteiger partial charge in [0, 0.05) is 60.5 Å². The maximum atomic E-state index is 9.31. The maximum Gasteiger partial charge on any atom is 0.141 e. The van der Waals surface area contributed by atoms with Crippen LogP contribution in [0.2, 0.25) is 0 Å². The number of phenols is 1. The van der Waals surface area contributed by atoms with E-state index in [1.165, 1.54) is 0 Å². The molecule has 0 atom stereocenters. The van der Waals surface area contributed by atoms with Crippen LogP contribution >= 0.6 is 0 Å². The molecule has 0 unspecified atom stereocenters. The summed E-state index contributed by atoms with van der Waals surface area (Å²) < 4.78 is 0. The summed E-state index contributed by atoms with van der Waals surface area (Å²) in [4.78, 5) is 4.03. The zero-order chi connectivity index (χ0) is 7.68. The van der Waals surface area contributed by atoms with E-state index >= 15 is 0 Å². The molecule has 0 bridgehead atoms. The molecule has 0 saturated carbocycles. The van der Waals surface area contributed by atoms with Gasteiger partial charge in [-0.1, -0.05) is 18.2 Å². The molecule has 1 N–H and O–H groups in total. The first-order valence-corrected chi connectivity index (χ1v) is 3.40. The van der Waals surface area contributed by atoms with Gasteiger partial charge in [-0.05, 0) is 12.1 Å². The number of aromatic hydroxyl groups is 1. The standard InChI is InChI=1S/C9H7NO.Ba/c11-8-5-1-3-7-4-2-6-10-9(7)8;/h1-6,11H;. The number of rotatable bonds is 0. The smallest absolute Gasteiger partial charge is 0.141 e. The van der Waals surface area contributed by atoms with Gasteiger partial charge in [0.15, 0.2) is 0 Å². The minimum atomic E-state index is 0. The van der Waals surface area contributed by atoms with Crippen molar-refractivity contribution >= 4 is 59.8 Å². The molecule has 0 fully saturated rings. The molecule has 1 heterocycles. The predicted molar refractivity (Wildman–Crippen MR) is 49.2 cm³/mol. The molecule has 2 nitrogen and oxygen atoms in total. The van der Waals surface area contributed by atoms with Gasteiger partial charge < -0.3 is 5.11 Å². The third-order valence-electron chi connectivity index (χ3n) is 1.61. The van der Waals surface area contributed by atoms with Crippen LogP contribution in [0.15, 0.2) is 36.5 Å². The predicted octanol–water partition coefficient (Wildman–Crippen LogP) is 1.56. The minimum Gasteiger partial charge on any atom is -0.506 e. The summed E-state index contributed by atoms with van der Waals surface area (Å²) in [6, 6.07) is 9.13. The largest absolute Gasteiger partial charge is 0.506 e. The Morgan fingerprint density at radius 2 is 1.83 bits per heavy atom. The molecule has 12 heavy (non-hydrogen) atoms. The second-order valence-electron chi connectivity index (χ2n) is 2.35. The van der Waals surface area contributed by atoms with Crippen LogP contribution in [0.1, 0.15) is 0 Å². The Morgan fingerprint density at radius 3 is 2.58 bits per heavy atom. The van der Waals surface area contributed by atoms with Crippen molar-refractivity contribution < 1.29 is 5.11 Å². The van der Waals surface area contributed by atoms with Crippen molar-refractivity contribution in [3.05, 3.63) is 36.5 Å². The Hall–Kier alpha value is 0.00143. The van der Waals surface area contributed by atoms with Crippen molar-refractivity contribution in [2.45, 2.75) is 0 Å². The molecule has 2 radical (unpaired) electrons. The molecule has 0 aliphatic rings. The Morgan fingerprint density at radius 1 is 1.08 bits per heavy atom. The Labute approximate surface area is 111 Å². The van der Waals surface area contributed by atoms with E-state index in [4.69, 9.17) is 0 Å². The van der Waals surface area contributed by atoms with Crippen LogP contribution in [0.3, 0.4) is 0 Å². The number of benzene rings is 1. The van der Waals surface area contributed by atoms with Gasteiger partial charge in [0.1, 0.15) is 11.3 Å². The third kappa shape index (κ3) is 1.84. The monoisotopic (exact) mass is 283 g/mol. The average molecular weight is 282 g/mol. The zero-order valence-corrected chi connectivity index (χ0v) is 11.0. The van der Waals surface area contributed by atoms with Crippen LogP contribution in [0.25, 0.3) is 10.9 Å². The van der Waals surface area contributed by atoms with E-state index in [0.717, 1.165) is 5.39 Å². The number of pyridine rings is 1. The van der Waals surface area contributed by atoms with Crippen LogP contribution in [-0.4, -0.2) is 59.0 Å². The number of nitrogens with zero attached hydrogens (tertiary/aromatic N) is 1. The van der Waals surface area contributed by atoms with Gasteiger partial charge in [0.05, 0.1) is 0 Å². The topological polar surface area (TPSA) is 33.1 Å². The SMILES string of the molecule is Oc1cccc2cccnc12.[Ba]. The zero-order valence-electron chi connectivity index (χ0n) is 6.57. The summed E-state index contributed by atoms with van der Waals surface area (Å²) in [5.41, 5.74) is 0.662. The molecule has 1 aromatic carbocycles. The summed E-state index contributed by atoms with van der Waals surface area (Å²) in [7, 11) is 0. The fourth-order valence-corrected chi connectivity index (χ4v) is 1.09. The van der Waals surface area contributed by atoms with Gasteiger partial charge in [-0.25, -0.2) is 0 Å². The van der Waals surface area contributed by atoms with Gasteiger partial charge >= 0.3 is 0 Å². The van der Waals surface area contributed by atoms with E-state index in [1.54, 1.807) is 18.3 Å². The molecule has 0 aliphatic heterocycles. The molecule has 2 aromatic rings. The third-order valence-corrected chi connectivity index (χ3v) is 1.61. The molecular formula is C9H7BaNO. The van der Waals surface area contributed by atoms with Crippen LogP contribution in [0.5, 0.6) is 5.75 Å². The van der Waals surface area contributed by atoms with E-state index in [1.807, 2.05) is 18.2 Å². The van der Waals surface area contributed by atoms with Crippen molar-refractivity contribution in [2.75, 3.05) is 0 Å².